The number of hydrogen-bond acceptors (Lipinski definition) is 3. The number of nitrogens with zero attached hydrogens (tertiary/aromatic N) is 1. The van der Waals surface area contributed by atoms with Gasteiger partial charge in [0.2, 0.25) is 0 Å². The molecule has 0 spiro atoms. The van der Waals surface area contributed by atoms with Gasteiger partial charge in [-0.1, -0.05) is 36.9 Å². The summed E-state index contributed by atoms with van der Waals surface area (Å²) in [6, 6.07) is 7.11. The molecule has 136 valence electrons. The second-order valence-electron chi connectivity index (χ2n) is 6.80. The van der Waals surface area contributed by atoms with E-state index in [0.29, 0.717) is 0 Å². The average Bonchev–Trinajstić information content (AvgIpc) is 2.51. The number of benzene rings is 1. The quantitative estimate of drug-likeness (QED) is 0.586. The van der Waals surface area contributed by atoms with E-state index in [2.05, 4.69) is 13.2 Å². The number of amides is 1. The largest absolute Gasteiger partial charge is 0.465 e. The van der Waals surface area contributed by atoms with Gasteiger partial charge in [0.05, 0.1) is 11.6 Å². The van der Waals surface area contributed by atoms with Crippen molar-refractivity contribution in [3.8, 4) is 0 Å². The summed E-state index contributed by atoms with van der Waals surface area (Å²) in [5, 5.41) is 9.74. The van der Waals surface area contributed by atoms with Crippen molar-refractivity contribution in [1.29, 1.82) is 0 Å². The molecule has 0 aromatic heterocycles. The lowest BCUT2D eigenvalue weighted by atomic mass is 9.89. The fraction of sp³-hybridized carbons (Fsp3) is 0.400. The number of allylic oxidation sites excluding steroid dienone is 1. The van der Waals surface area contributed by atoms with Crippen molar-refractivity contribution in [3.63, 3.8) is 0 Å². The number of rotatable bonds is 7. The molecule has 5 heteroatoms. The van der Waals surface area contributed by atoms with Crippen LogP contribution in [0.25, 0.3) is 5.57 Å². The second-order valence-corrected chi connectivity index (χ2v) is 6.80. The lowest BCUT2D eigenvalue weighted by molar-refractivity contribution is -0.141. The summed E-state index contributed by atoms with van der Waals surface area (Å²) in [4.78, 5) is 24.8. The minimum absolute atomic E-state index is 0.0401. The van der Waals surface area contributed by atoms with Crippen molar-refractivity contribution >= 4 is 17.6 Å². The van der Waals surface area contributed by atoms with Crippen LogP contribution in [0.5, 0.6) is 0 Å². The zero-order chi connectivity index (χ0) is 19.4. The van der Waals surface area contributed by atoms with Gasteiger partial charge in [-0.05, 0) is 51.8 Å². The van der Waals surface area contributed by atoms with Gasteiger partial charge in [0, 0.05) is 5.57 Å². The molecule has 1 rings (SSSR count). The van der Waals surface area contributed by atoms with E-state index in [-0.39, 0.29) is 12.2 Å². The van der Waals surface area contributed by atoms with E-state index < -0.39 is 23.6 Å². The molecule has 1 atom stereocenters. The van der Waals surface area contributed by atoms with Gasteiger partial charge in [-0.2, -0.15) is 0 Å². The molecule has 1 aromatic carbocycles. The number of hydrogen-bond donors (Lipinski definition) is 1. The summed E-state index contributed by atoms with van der Waals surface area (Å²) < 4.78 is 5.13. The van der Waals surface area contributed by atoms with E-state index >= 15 is 0 Å². The Morgan fingerprint density at radius 2 is 1.88 bits per heavy atom. The zero-order valence-corrected chi connectivity index (χ0v) is 15.6. The highest BCUT2D eigenvalue weighted by Gasteiger charge is 2.36. The van der Waals surface area contributed by atoms with Gasteiger partial charge in [-0.3, -0.25) is 4.90 Å². The molecule has 1 unspecified atom stereocenters. The third kappa shape index (κ3) is 4.95. The maximum atomic E-state index is 11.9. The van der Waals surface area contributed by atoms with Gasteiger partial charge in [0.1, 0.15) is 6.61 Å². The molecular formula is C20H27NO4. The average molecular weight is 345 g/mol. The minimum atomic E-state index is -1.08. The number of esters is 1. The summed E-state index contributed by atoms with van der Waals surface area (Å²) in [5.74, 6) is -0.528. The van der Waals surface area contributed by atoms with Crippen molar-refractivity contribution in [2.75, 3.05) is 6.61 Å². The molecule has 1 N–H and O–H groups in total. The van der Waals surface area contributed by atoms with Gasteiger partial charge in [-0.15, -0.1) is 0 Å². The fourth-order valence-electron chi connectivity index (χ4n) is 2.68. The van der Waals surface area contributed by atoms with Gasteiger partial charge in [0.25, 0.3) is 0 Å². The monoisotopic (exact) mass is 345 g/mol. The van der Waals surface area contributed by atoms with Crippen molar-refractivity contribution in [1.82, 2.24) is 4.90 Å². The summed E-state index contributed by atoms with van der Waals surface area (Å²) in [6.45, 7) is 16.2. The SMILES string of the molecule is C=C(C)C(=O)OCC(C)N(C(=O)O)C(C)(C)c1cccc(C(=C)C)c1. The molecule has 0 saturated heterocycles. The van der Waals surface area contributed by atoms with Crippen molar-refractivity contribution in [2.45, 2.75) is 46.2 Å². The van der Waals surface area contributed by atoms with Crippen LogP contribution in [-0.2, 0) is 15.1 Å². The van der Waals surface area contributed by atoms with Crippen LogP contribution < -0.4 is 0 Å². The summed E-state index contributed by atoms with van der Waals surface area (Å²) in [5.41, 5.74) is 2.17. The van der Waals surface area contributed by atoms with Crippen molar-refractivity contribution in [2.24, 2.45) is 0 Å². The normalized spacial score (nSPS) is 12.2. The first-order valence-corrected chi connectivity index (χ1v) is 8.09. The molecule has 0 fully saturated rings. The Labute approximate surface area is 149 Å². The van der Waals surface area contributed by atoms with Crippen LogP contribution in [0.1, 0.15) is 45.7 Å². The number of carbonyl (C=O) groups excluding carboxylic acids is 1. The molecule has 0 aliphatic rings. The van der Waals surface area contributed by atoms with Crippen LogP contribution >= 0.6 is 0 Å². The predicted octanol–water partition coefficient (Wildman–Crippen LogP) is 4.44. The van der Waals surface area contributed by atoms with E-state index in [1.807, 2.05) is 45.0 Å². The molecule has 1 amide bonds. The number of ether oxygens (including phenoxy) is 1. The first-order valence-electron chi connectivity index (χ1n) is 8.09. The van der Waals surface area contributed by atoms with Crippen LogP contribution in [-0.4, -0.2) is 34.7 Å². The smallest absolute Gasteiger partial charge is 0.408 e. The third-order valence-corrected chi connectivity index (χ3v) is 4.12. The minimum Gasteiger partial charge on any atom is -0.465 e. The highest BCUT2D eigenvalue weighted by molar-refractivity contribution is 5.86. The van der Waals surface area contributed by atoms with Crippen molar-refractivity contribution < 1.29 is 19.4 Å². The molecule has 0 aliphatic carbocycles. The number of carboxylic acid groups (broad SMARTS) is 1. The molecule has 0 bridgehead atoms. The summed E-state index contributed by atoms with van der Waals surface area (Å²) in [6.07, 6.45) is -1.08. The zero-order valence-electron chi connectivity index (χ0n) is 15.6. The maximum Gasteiger partial charge on any atom is 0.408 e. The Morgan fingerprint density at radius 3 is 2.36 bits per heavy atom. The summed E-state index contributed by atoms with van der Waals surface area (Å²) in [7, 11) is 0. The molecular weight excluding hydrogens is 318 g/mol. The molecule has 0 heterocycles. The Morgan fingerprint density at radius 1 is 1.28 bits per heavy atom. The van der Waals surface area contributed by atoms with E-state index in [0.717, 1.165) is 16.7 Å². The van der Waals surface area contributed by atoms with Gasteiger partial charge >= 0.3 is 12.1 Å². The summed E-state index contributed by atoms with van der Waals surface area (Å²) >= 11 is 0. The Kier molecular flexibility index (Phi) is 6.56. The Bertz CT molecular complexity index is 691. The van der Waals surface area contributed by atoms with Crippen molar-refractivity contribution in [3.05, 3.63) is 54.1 Å². The van der Waals surface area contributed by atoms with Gasteiger partial charge in [0.15, 0.2) is 0 Å². The molecule has 1 aromatic rings. The van der Waals surface area contributed by atoms with E-state index in [4.69, 9.17) is 4.74 Å². The molecule has 0 saturated carbocycles. The second kappa shape index (κ2) is 8.01. The lowest BCUT2D eigenvalue weighted by Gasteiger charge is -2.41. The predicted molar refractivity (Wildman–Crippen MR) is 99.3 cm³/mol. The van der Waals surface area contributed by atoms with E-state index in [1.165, 1.54) is 4.90 Å². The van der Waals surface area contributed by atoms with Gasteiger partial charge < -0.3 is 9.84 Å². The first-order chi connectivity index (χ1) is 11.5. The highest BCUT2D eigenvalue weighted by atomic mass is 16.5. The Balaban J connectivity index is 3.12. The van der Waals surface area contributed by atoms with Crippen LogP contribution in [0, 0.1) is 0 Å². The third-order valence-electron chi connectivity index (χ3n) is 4.12. The molecule has 0 aliphatic heterocycles. The molecule has 25 heavy (non-hydrogen) atoms. The molecule has 0 radical (unpaired) electrons. The Hall–Kier alpha value is -2.56. The fourth-order valence-corrected chi connectivity index (χ4v) is 2.68. The van der Waals surface area contributed by atoms with E-state index in [1.54, 1.807) is 13.8 Å². The maximum absolute atomic E-state index is 11.9. The highest BCUT2D eigenvalue weighted by Crippen LogP contribution is 2.31. The lowest BCUT2D eigenvalue weighted by Crippen LogP contribution is -2.51. The number of carbonyl (C=O) groups is 2. The first kappa shape index (κ1) is 20.5. The topological polar surface area (TPSA) is 66.8 Å². The van der Waals surface area contributed by atoms with Gasteiger partial charge in [-0.25, -0.2) is 9.59 Å². The van der Waals surface area contributed by atoms with Crippen LogP contribution in [0.4, 0.5) is 4.79 Å². The standard InChI is InChI=1S/C20H27NO4/c1-13(2)16-9-8-10-17(11-16)20(6,7)21(19(23)24)15(5)12-25-18(22)14(3)4/h8-11,15H,1,3,12H2,2,4-7H3,(H,23,24). The van der Waals surface area contributed by atoms with E-state index in [9.17, 15) is 14.7 Å². The van der Waals surface area contributed by atoms with Crippen LogP contribution in [0.2, 0.25) is 0 Å². The molecule has 5 nitrogen and oxygen atoms in total. The van der Waals surface area contributed by atoms with Crippen LogP contribution in [0.15, 0.2) is 43.0 Å². The van der Waals surface area contributed by atoms with Crippen LogP contribution in [0.3, 0.4) is 0 Å².